The molecule has 342 valence electrons. The molecule has 0 aromatic rings. The van der Waals surface area contributed by atoms with Crippen LogP contribution in [0.5, 0.6) is 0 Å². The van der Waals surface area contributed by atoms with E-state index in [4.69, 9.17) is 19.3 Å². The zero-order chi connectivity index (χ0) is 43.2. The van der Waals surface area contributed by atoms with Gasteiger partial charge in [-0.3, -0.25) is 14.1 Å². The van der Waals surface area contributed by atoms with Crippen LogP contribution in [0, 0.1) is 0 Å². The number of hydrogen-bond acceptors (Lipinski definition) is 6. The molecule has 0 aliphatic carbocycles. The Morgan fingerprint density at radius 1 is 0.458 bits per heavy atom. The van der Waals surface area contributed by atoms with Gasteiger partial charge in [0.05, 0.1) is 6.61 Å². The van der Waals surface area contributed by atoms with E-state index in [2.05, 4.69) is 79.1 Å². The van der Waals surface area contributed by atoms with E-state index in [0.29, 0.717) is 6.42 Å². The summed E-state index contributed by atoms with van der Waals surface area (Å²) < 4.78 is 26.5. The number of phosphoric acid groups is 1. The molecule has 2 N–H and O–H groups in total. The van der Waals surface area contributed by atoms with Gasteiger partial charge in [0.1, 0.15) is 6.61 Å². The summed E-state index contributed by atoms with van der Waals surface area (Å²) in [6.07, 6.45) is 58.0. The number of ether oxygens (including phenoxy) is 2. The van der Waals surface area contributed by atoms with Crippen LogP contribution < -0.4 is 0 Å². The Labute approximate surface area is 362 Å². The standard InChI is InChI=1S/C50H89O8P/c1-3-5-7-9-11-13-15-17-19-21-23-24-25-26-27-29-31-33-35-37-39-41-43-45-50(52)58-48(47-57-59(53,54)55)46-56-49(51)44-42-40-38-36-34-32-30-28-22-20-18-16-14-12-10-8-6-4-2/h5,7,11,13,17,19-20,22-24,48H,3-4,6,8-10,12,14-16,18,21,25-47H2,1-2H3,(H2,53,54,55)/b7-5-,13-11-,19-17-,22-20-,24-23-. The summed E-state index contributed by atoms with van der Waals surface area (Å²) in [6, 6.07) is 0. The van der Waals surface area contributed by atoms with Crippen LogP contribution in [0.15, 0.2) is 60.8 Å². The van der Waals surface area contributed by atoms with Gasteiger partial charge in [-0.05, 0) is 77.0 Å². The zero-order valence-corrected chi connectivity index (χ0v) is 38.8. The Balaban J connectivity index is 3.86. The highest BCUT2D eigenvalue weighted by molar-refractivity contribution is 7.46. The Kier molecular flexibility index (Phi) is 43.6. The highest BCUT2D eigenvalue weighted by atomic mass is 31.2. The fraction of sp³-hybridized carbons (Fsp3) is 0.760. The lowest BCUT2D eigenvalue weighted by molar-refractivity contribution is -0.161. The molecule has 9 heteroatoms. The van der Waals surface area contributed by atoms with Crippen molar-refractivity contribution >= 4 is 19.8 Å². The predicted octanol–water partition coefficient (Wildman–Crippen LogP) is 15.2. The first-order valence-electron chi connectivity index (χ1n) is 24.1. The van der Waals surface area contributed by atoms with E-state index in [9.17, 15) is 14.2 Å². The highest BCUT2D eigenvalue weighted by Crippen LogP contribution is 2.36. The number of phosphoric ester groups is 1. The Bertz CT molecular complexity index is 1140. The Morgan fingerprint density at radius 3 is 1.24 bits per heavy atom. The first-order chi connectivity index (χ1) is 28.8. The molecular weight excluding hydrogens is 760 g/mol. The van der Waals surface area contributed by atoms with E-state index >= 15 is 0 Å². The maximum atomic E-state index is 12.5. The van der Waals surface area contributed by atoms with Gasteiger partial charge in [-0.25, -0.2) is 4.57 Å². The summed E-state index contributed by atoms with van der Waals surface area (Å²) in [5, 5.41) is 0. The molecule has 0 aliphatic rings. The van der Waals surface area contributed by atoms with Gasteiger partial charge in [0.25, 0.3) is 0 Å². The third-order valence-electron chi connectivity index (χ3n) is 10.3. The van der Waals surface area contributed by atoms with Crippen molar-refractivity contribution in [2.75, 3.05) is 13.2 Å². The van der Waals surface area contributed by atoms with Gasteiger partial charge < -0.3 is 19.3 Å². The maximum Gasteiger partial charge on any atom is 0.469 e. The summed E-state index contributed by atoms with van der Waals surface area (Å²) in [6.45, 7) is 3.59. The molecule has 0 heterocycles. The zero-order valence-electron chi connectivity index (χ0n) is 37.9. The SMILES string of the molecule is CC/C=C\C/C=C\C/C=C\C/C=C\CCCCCCCCCCCCC(=O)OC(COC(=O)CCCCCCCCC/C=C\CCCCCCCCC)COP(=O)(O)O. The Hall–Kier alpha value is -2.25. The topological polar surface area (TPSA) is 119 Å². The summed E-state index contributed by atoms with van der Waals surface area (Å²) in [5.41, 5.74) is 0. The van der Waals surface area contributed by atoms with Crippen LogP contribution in [-0.2, 0) is 28.2 Å². The van der Waals surface area contributed by atoms with E-state index in [1.165, 1.54) is 109 Å². The summed E-state index contributed by atoms with van der Waals surface area (Å²) in [4.78, 5) is 43.0. The molecule has 0 aromatic heterocycles. The van der Waals surface area contributed by atoms with E-state index < -0.39 is 32.5 Å². The first kappa shape index (κ1) is 56.8. The number of unbranched alkanes of at least 4 members (excludes halogenated alkanes) is 24. The minimum Gasteiger partial charge on any atom is -0.462 e. The van der Waals surface area contributed by atoms with Crippen LogP contribution in [-0.4, -0.2) is 41.0 Å². The van der Waals surface area contributed by atoms with Gasteiger partial charge in [-0.15, -0.1) is 0 Å². The number of hydrogen-bond donors (Lipinski definition) is 2. The maximum absolute atomic E-state index is 12.5. The van der Waals surface area contributed by atoms with Gasteiger partial charge in [0.2, 0.25) is 0 Å². The van der Waals surface area contributed by atoms with Gasteiger partial charge in [0.15, 0.2) is 6.10 Å². The third kappa shape index (κ3) is 48.3. The van der Waals surface area contributed by atoms with Crippen molar-refractivity contribution in [1.29, 1.82) is 0 Å². The number of carbonyl (C=O) groups excluding carboxylic acids is 2. The van der Waals surface area contributed by atoms with Crippen LogP contribution in [0.2, 0.25) is 0 Å². The molecule has 0 aliphatic heterocycles. The summed E-state index contributed by atoms with van der Waals surface area (Å²) in [5.74, 6) is -0.891. The predicted molar refractivity (Wildman–Crippen MR) is 248 cm³/mol. The second-order valence-electron chi connectivity index (χ2n) is 16.1. The van der Waals surface area contributed by atoms with Crippen LogP contribution in [0.4, 0.5) is 0 Å². The van der Waals surface area contributed by atoms with Gasteiger partial charge in [-0.1, -0.05) is 197 Å². The molecule has 0 aromatic carbocycles. The quantitative estimate of drug-likeness (QED) is 0.0269. The van der Waals surface area contributed by atoms with Gasteiger partial charge >= 0.3 is 19.8 Å². The lowest BCUT2D eigenvalue weighted by atomic mass is 10.0. The molecule has 0 fully saturated rings. The van der Waals surface area contributed by atoms with Crippen molar-refractivity contribution in [3.8, 4) is 0 Å². The average molecular weight is 849 g/mol. The number of allylic oxidation sites excluding steroid dienone is 10. The third-order valence-corrected chi connectivity index (χ3v) is 10.8. The number of carbonyl (C=O) groups is 2. The molecule has 0 spiro atoms. The first-order valence-corrected chi connectivity index (χ1v) is 25.6. The van der Waals surface area contributed by atoms with Crippen LogP contribution in [0.1, 0.15) is 226 Å². The summed E-state index contributed by atoms with van der Waals surface area (Å²) >= 11 is 0. The van der Waals surface area contributed by atoms with E-state index in [0.717, 1.165) is 83.5 Å². The average Bonchev–Trinajstić information content (AvgIpc) is 3.21. The van der Waals surface area contributed by atoms with Crippen molar-refractivity contribution in [2.24, 2.45) is 0 Å². The van der Waals surface area contributed by atoms with Crippen molar-refractivity contribution in [3.63, 3.8) is 0 Å². The second kappa shape index (κ2) is 45.3. The molecule has 0 rings (SSSR count). The monoisotopic (exact) mass is 849 g/mol. The van der Waals surface area contributed by atoms with E-state index in [-0.39, 0.29) is 19.4 Å². The van der Waals surface area contributed by atoms with Crippen molar-refractivity contribution < 1.29 is 37.9 Å². The lowest BCUT2D eigenvalue weighted by Crippen LogP contribution is -2.29. The van der Waals surface area contributed by atoms with Gasteiger partial charge in [0, 0.05) is 12.8 Å². The van der Waals surface area contributed by atoms with Crippen LogP contribution in [0.3, 0.4) is 0 Å². The van der Waals surface area contributed by atoms with Crippen molar-refractivity contribution in [3.05, 3.63) is 60.8 Å². The van der Waals surface area contributed by atoms with E-state index in [1.807, 2.05) is 0 Å². The fourth-order valence-corrected chi connectivity index (χ4v) is 7.07. The second-order valence-corrected chi connectivity index (χ2v) is 17.3. The molecule has 0 saturated heterocycles. The van der Waals surface area contributed by atoms with Gasteiger partial charge in [-0.2, -0.15) is 0 Å². The minimum absolute atomic E-state index is 0.204. The highest BCUT2D eigenvalue weighted by Gasteiger charge is 2.23. The number of esters is 2. The van der Waals surface area contributed by atoms with Crippen molar-refractivity contribution in [2.45, 2.75) is 232 Å². The molecule has 0 radical (unpaired) electrons. The molecule has 8 nitrogen and oxygen atoms in total. The molecule has 1 unspecified atom stereocenters. The van der Waals surface area contributed by atoms with Crippen LogP contribution in [0.25, 0.3) is 0 Å². The minimum atomic E-state index is -4.76. The summed E-state index contributed by atoms with van der Waals surface area (Å²) in [7, 11) is -4.76. The fourth-order valence-electron chi connectivity index (χ4n) is 6.71. The molecule has 1 atom stereocenters. The molecule has 0 saturated carbocycles. The van der Waals surface area contributed by atoms with Crippen LogP contribution >= 0.6 is 7.82 Å². The van der Waals surface area contributed by atoms with Crippen molar-refractivity contribution in [1.82, 2.24) is 0 Å². The number of rotatable bonds is 44. The molecular formula is C50H89O8P. The van der Waals surface area contributed by atoms with E-state index in [1.54, 1.807) is 0 Å². The smallest absolute Gasteiger partial charge is 0.462 e. The lowest BCUT2D eigenvalue weighted by Gasteiger charge is -2.18. The normalized spacial score (nSPS) is 12.9. The molecule has 0 bridgehead atoms. The molecule has 0 amide bonds. The Morgan fingerprint density at radius 2 is 0.814 bits per heavy atom. The largest absolute Gasteiger partial charge is 0.469 e. The molecule has 59 heavy (non-hydrogen) atoms.